The van der Waals surface area contributed by atoms with Crippen LogP contribution in [0.4, 0.5) is 10.1 Å². The summed E-state index contributed by atoms with van der Waals surface area (Å²) in [6.07, 6.45) is 3.77. The van der Waals surface area contributed by atoms with Crippen molar-refractivity contribution in [2.24, 2.45) is 5.73 Å². The predicted molar refractivity (Wildman–Crippen MR) is 111 cm³/mol. The molecule has 0 bridgehead atoms. The minimum atomic E-state index is -3.57. The fourth-order valence-corrected chi connectivity index (χ4v) is 4.31. The van der Waals surface area contributed by atoms with Crippen LogP contribution in [0.2, 0.25) is 5.02 Å². The van der Waals surface area contributed by atoms with Crippen LogP contribution in [0, 0.1) is 5.82 Å². The molecule has 28 heavy (non-hydrogen) atoms. The van der Waals surface area contributed by atoms with Gasteiger partial charge in [0.2, 0.25) is 10.0 Å². The molecule has 0 radical (unpaired) electrons. The van der Waals surface area contributed by atoms with Crippen LogP contribution in [-0.4, -0.2) is 31.0 Å². The lowest BCUT2D eigenvalue weighted by atomic mass is 9.84. The van der Waals surface area contributed by atoms with E-state index in [4.69, 9.17) is 17.3 Å². The molecule has 2 aromatic carbocycles. The van der Waals surface area contributed by atoms with Gasteiger partial charge in [-0.15, -0.1) is 0 Å². The second-order valence-corrected chi connectivity index (χ2v) is 8.93. The van der Waals surface area contributed by atoms with Gasteiger partial charge in [0.15, 0.2) is 0 Å². The molecular weight excluding hydrogens is 403 g/mol. The molecule has 3 aromatic rings. The average Bonchev–Trinajstić information content (AvgIpc) is 3.03. The first kappa shape index (κ1) is 20.6. The normalized spacial score (nSPS) is 14.2. The van der Waals surface area contributed by atoms with Gasteiger partial charge in [0.25, 0.3) is 0 Å². The van der Waals surface area contributed by atoms with Crippen molar-refractivity contribution in [3.63, 3.8) is 0 Å². The summed E-state index contributed by atoms with van der Waals surface area (Å²) in [7, 11) is -3.57. The molecule has 1 unspecified atom stereocenters. The van der Waals surface area contributed by atoms with Crippen LogP contribution in [0.25, 0.3) is 10.9 Å². The second-order valence-electron chi connectivity index (χ2n) is 6.75. The largest absolute Gasteiger partial charge is 0.330 e. The Hall–Kier alpha value is -2.16. The first-order valence-corrected chi connectivity index (χ1v) is 11.1. The summed E-state index contributed by atoms with van der Waals surface area (Å²) < 4.78 is 41.8. The highest BCUT2D eigenvalue weighted by atomic mass is 35.5. The number of nitrogens with two attached hydrogens (primary N) is 1. The molecule has 6 nitrogen and oxygen atoms in total. The van der Waals surface area contributed by atoms with E-state index in [0.29, 0.717) is 35.3 Å². The molecule has 0 fully saturated rings. The van der Waals surface area contributed by atoms with Crippen molar-refractivity contribution in [1.82, 2.24) is 9.78 Å². The number of rotatable bonds is 7. The Morgan fingerprint density at radius 1 is 1.29 bits per heavy atom. The van der Waals surface area contributed by atoms with Gasteiger partial charge < -0.3 is 5.73 Å². The lowest BCUT2D eigenvalue weighted by Gasteiger charge is -2.34. The summed E-state index contributed by atoms with van der Waals surface area (Å²) >= 11 is 6.04. The number of aromatic nitrogens is 2. The van der Waals surface area contributed by atoms with Crippen LogP contribution in [0.1, 0.15) is 25.3 Å². The molecule has 0 amide bonds. The molecular formula is C19H22ClFN4O2S. The summed E-state index contributed by atoms with van der Waals surface area (Å²) in [5.74, 6) is -0.561. The van der Waals surface area contributed by atoms with Crippen molar-refractivity contribution in [3.8, 4) is 0 Å². The molecule has 1 aromatic heterocycles. The number of anilines is 1. The molecule has 1 atom stereocenters. The van der Waals surface area contributed by atoms with Crippen molar-refractivity contribution in [3.05, 3.63) is 59.0 Å². The minimum absolute atomic E-state index is 0.151. The lowest BCUT2D eigenvalue weighted by molar-refractivity contribution is 0.299. The van der Waals surface area contributed by atoms with E-state index in [1.807, 2.05) is 19.1 Å². The minimum Gasteiger partial charge on any atom is -0.330 e. The smallest absolute Gasteiger partial charge is 0.229 e. The van der Waals surface area contributed by atoms with Gasteiger partial charge in [0.05, 0.1) is 29.2 Å². The highest BCUT2D eigenvalue weighted by Crippen LogP contribution is 2.38. The Morgan fingerprint density at radius 2 is 1.96 bits per heavy atom. The molecule has 0 spiro atoms. The highest BCUT2D eigenvalue weighted by Gasteiger charge is 2.34. The van der Waals surface area contributed by atoms with Crippen molar-refractivity contribution in [2.45, 2.75) is 25.3 Å². The number of halogens is 2. The van der Waals surface area contributed by atoms with Gasteiger partial charge in [-0.05, 0) is 49.2 Å². The molecule has 0 aliphatic heterocycles. The van der Waals surface area contributed by atoms with Crippen LogP contribution < -0.4 is 10.5 Å². The number of hydrogen-bond donors (Lipinski definition) is 2. The quantitative estimate of drug-likeness (QED) is 0.605. The summed E-state index contributed by atoms with van der Waals surface area (Å²) in [6, 6.07) is 9.90. The molecule has 1 heterocycles. The topological polar surface area (TPSA) is 90.0 Å². The number of sulfonamides is 1. The summed E-state index contributed by atoms with van der Waals surface area (Å²) in [6.45, 7) is 2.40. The highest BCUT2D eigenvalue weighted by molar-refractivity contribution is 7.92. The summed E-state index contributed by atoms with van der Waals surface area (Å²) in [5, 5.41) is 5.63. The zero-order valence-corrected chi connectivity index (χ0v) is 17.2. The van der Waals surface area contributed by atoms with Crippen LogP contribution >= 0.6 is 11.6 Å². The van der Waals surface area contributed by atoms with E-state index < -0.39 is 21.4 Å². The number of hydrogen-bond acceptors (Lipinski definition) is 4. The van der Waals surface area contributed by atoms with Gasteiger partial charge in [-0.25, -0.2) is 12.8 Å². The van der Waals surface area contributed by atoms with E-state index in [1.165, 1.54) is 6.07 Å². The fourth-order valence-electron chi connectivity index (χ4n) is 3.62. The number of nitrogens with zero attached hydrogens (tertiary/aromatic N) is 2. The van der Waals surface area contributed by atoms with Crippen molar-refractivity contribution >= 4 is 38.2 Å². The van der Waals surface area contributed by atoms with Crippen LogP contribution in [0.5, 0.6) is 0 Å². The van der Waals surface area contributed by atoms with Crippen molar-refractivity contribution < 1.29 is 12.8 Å². The van der Waals surface area contributed by atoms with E-state index >= 15 is 0 Å². The Kier molecular flexibility index (Phi) is 5.65. The maximum absolute atomic E-state index is 14.3. The summed E-state index contributed by atoms with van der Waals surface area (Å²) in [4.78, 5) is 0. The molecule has 9 heteroatoms. The molecule has 0 saturated carbocycles. The van der Waals surface area contributed by atoms with E-state index in [-0.39, 0.29) is 5.69 Å². The molecule has 3 N–H and O–H groups in total. The third kappa shape index (κ3) is 3.85. The molecule has 0 aliphatic rings. The Morgan fingerprint density at radius 3 is 2.54 bits per heavy atom. The number of nitrogens with one attached hydrogen (secondary N) is 1. The lowest BCUT2D eigenvalue weighted by Crippen LogP contribution is -2.37. The van der Waals surface area contributed by atoms with Crippen LogP contribution in [-0.2, 0) is 15.6 Å². The monoisotopic (exact) mass is 424 g/mol. The van der Waals surface area contributed by atoms with Gasteiger partial charge in [0, 0.05) is 10.4 Å². The Balaban J connectivity index is 2.28. The fraction of sp³-hybridized carbons (Fsp3) is 0.316. The van der Waals surface area contributed by atoms with E-state index in [0.717, 1.165) is 17.9 Å². The summed E-state index contributed by atoms with van der Waals surface area (Å²) in [5.41, 5.74) is 6.86. The van der Waals surface area contributed by atoms with Gasteiger partial charge in [0.1, 0.15) is 5.82 Å². The molecule has 3 rings (SSSR count). The van der Waals surface area contributed by atoms with Gasteiger partial charge in [-0.1, -0.05) is 30.7 Å². The van der Waals surface area contributed by atoms with E-state index in [2.05, 4.69) is 9.82 Å². The number of benzene rings is 2. The molecule has 0 aliphatic carbocycles. The predicted octanol–water partition coefficient (Wildman–Crippen LogP) is 3.70. The standard InChI is InChI=1S/C19H22ClFN4O2S/c1-3-19(8-9-22,13-4-6-14(20)7-5-13)25-18-11-15(21)10-17(16(18)12-23-25)24-28(2,26)27/h4-7,10-12,24H,3,8-9,22H2,1-2H3. The molecule has 0 saturated heterocycles. The van der Waals surface area contributed by atoms with Crippen molar-refractivity contribution in [2.75, 3.05) is 17.5 Å². The zero-order valence-electron chi connectivity index (χ0n) is 15.6. The third-order valence-corrected chi connectivity index (χ3v) is 5.72. The van der Waals surface area contributed by atoms with Gasteiger partial charge in [-0.2, -0.15) is 5.10 Å². The maximum atomic E-state index is 14.3. The van der Waals surface area contributed by atoms with E-state index in [1.54, 1.807) is 23.0 Å². The first-order chi connectivity index (χ1) is 13.2. The van der Waals surface area contributed by atoms with Crippen LogP contribution in [0.3, 0.4) is 0 Å². The van der Waals surface area contributed by atoms with E-state index in [9.17, 15) is 12.8 Å². The Bertz CT molecular complexity index is 1100. The zero-order chi connectivity index (χ0) is 20.5. The van der Waals surface area contributed by atoms with Gasteiger partial charge in [-0.3, -0.25) is 9.40 Å². The molecule has 150 valence electrons. The number of fused-ring (bicyclic) bond motifs is 1. The third-order valence-electron chi connectivity index (χ3n) is 4.88. The average molecular weight is 425 g/mol. The van der Waals surface area contributed by atoms with Crippen molar-refractivity contribution in [1.29, 1.82) is 0 Å². The first-order valence-electron chi connectivity index (χ1n) is 8.82. The Labute approximate surface area is 168 Å². The van der Waals surface area contributed by atoms with Crippen LogP contribution in [0.15, 0.2) is 42.6 Å². The maximum Gasteiger partial charge on any atom is 0.229 e. The SMILES string of the molecule is CCC(CCN)(c1ccc(Cl)cc1)n1ncc2c(NS(C)(=O)=O)cc(F)cc21. The second kappa shape index (κ2) is 7.69. The van der Waals surface area contributed by atoms with Gasteiger partial charge >= 0.3 is 0 Å².